The van der Waals surface area contributed by atoms with Gasteiger partial charge in [0.15, 0.2) is 5.65 Å². The zero-order valence-corrected chi connectivity index (χ0v) is 31.8. The Morgan fingerprint density at radius 2 is 1.04 bits per heavy atom. The normalized spacial score (nSPS) is 12.9. The van der Waals surface area contributed by atoms with Crippen LogP contribution in [0.5, 0.6) is 0 Å². The Hall–Kier alpha value is -7.30. The Kier molecular flexibility index (Phi) is 7.48. The van der Waals surface area contributed by atoms with Gasteiger partial charge < -0.3 is 4.90 Å². The Labute approximate surface area is 332 Å². The molecule has 0 radical (unpaired) electrons. The zero-order valence-electron chi connectivity index (χ0n) is 31.8. The molecule has 0 N–H and O–H groups in total. The lowest BCUT2D eigenvalue weighted by Crippen LogP contribution is -2.15. The molecule has 4 heteroatoms. The number of anilines is 3. The van der Waals surface area contributed by atoms with Gasteiger partial charge in [-0.3, -0.25) is 4.40 Å². The van der Waals surface area contributed by atoms with Crippen LogP contribution in [0.25, 0.3) is 72.2 Å². The van der Waals surface area contributed by atoms with Crippen LogP contribution in [0, 0.1) is 0 Å². The van der Waals surface area contributed by atoms with E-state index in [1.54, 1.807) is 0 Å². The number of aromatic nitrogens is 3. The topological polar surface area (TPSA) is 33.4 Å². The molecule has 0 aliphatic heterocycles. The van der Waals surface area contributed by atoms with E-state index in [1.165, 1.54) is 33.4 Å². The lowest BCUT2D eigenvalue weighted by atomic mass is 9.82. The molecule has 0 bridgehead atoms. The molecule has 0 fully saturated rings. The second kappa shape index (κ2) is 12.9. The number of fused-ring (bicyclic) bond motifs is 8. The van der Waals surface area contributed by atoms with Gasteiger partial charge in [-0.15, -0.1) is 0 Å². The van der Waals surface area contributed by atoms with Crippen molar-refractivity contribution in [3.63, 3.8) is 0 Å². The van der Waals surface area contributed by atoms with Gasteiger partial charge in [-0.1, -0.05) is 147 Å². The van der Waals surface area contributed by atoms with E-state index in [1.807, 2.05) is 24.4 Å². The molecule has 1 aliphatic carbocycles. The predicted octanol–water partition coefficient (Wildman–Crippen LogP) is 13.8. The molecule has 0 saturated heterocycles. The lowest BCUT2D eigenvalue weighted by Gasteiger charge is -2.27. The smallest absolute Gasteiger partial charge is 0.165 e. The minimum absolute atomic E-state index is 0.0525. The van der Waals surface area contributed by atoms with Gasteiger partial charge >= 0.3 is 0 Å². The number of benzene rings is 7. The van der Waals surface area contributed by atoms with E-state index >= 15 is 0 Å². The summed E-state index contributed by atoms with van der Waals surface area (Å²) in [5, 5.41) is 2.20. The molecule has 1 aliphatic rings. The van der Waals surface area contributed by atoms with Gasteiger partial charge in [-0.05, 0) is 99.1 Å². The van der Waals surface area contributed by atoms with Crippen LogP contribution in [0.2, 0.25) is 0 Å². The van der Waals surface area contributed by atoms with Crippen LogP contribution in [0.3, 0.4) is 0 Å². The van der Waals surface area contributed by atoms with Crippen LogP contribution >= 0.6 is 0 Å². The molecule has 4 nitrogen and oxygen atoms in total. The fourth-order valence-electron chi connectivity index (χ4n) is 8.93. The van der Waals surface area contributed by atoms with Gasteiger partial charge in [0, 0.05) is 45.0 Å². The van der Waals surface area contributed by atoms with E-state index in [2.05, 4.69) is 193 Å². The summed E-state index contributed by atoms with van der Waals surface area (Å²) in [7, 11) is 0. The minimum atomic E-state index is -0.0525. The average Bonchev–Trinajstić information content (AvgIpc) is 3.76. The second-order valence-electron chi connectivity index (χ2n) is 15.5. The van der Waals surface area contributed by atoms with E-state index in [4.69, 9.17) is 9.97 Å². The van der Waals surface area contributed by atoms with Gasteiger partial charge in [-0.25, -0.2) is 9.97 Å². The summed E-state index contributed by atoms with van der Waals surface area (Å²) >= 11 is 0. The molecule has 11 rings (SSSR count). The third kappa shape index (κ3) is 5.37. The molecule has 57 heavy (non-hydrogen) atoms. The monoisotopic (exact) mass is 730 g/mol. The number of nitrogens with zero attached hydrogens (tertiary/aromatic N) is 4. The van der Waals surface area contributed by atoms with Crippen molar-refractivity contribution in [2.24, 2.45) is 0 Å². The first-order valence-electron chi connectivity index (χ1n) is 19.6. The number of pyridine rings is 2. The third-order valence-corrected chi connectivity index (χ3v) is 11.8. The van der Waals surface area contributed by atoms with Crippen molar-refractivity contribution in [1.29, 1.82) is 0 Å². The SMILES string of the molecule is CC1(C)c2ccccc2-c2cc(N(c3ccc(-c4ccccc4)cc3)c3ccc(-c4cccc(-c5nc6c(nc7ccccn76)c6ccccc56)c4)cc3)ccc21. The molecule has 10 aromatic rings. The highest BCUT2D eigenvalue weighted by atomic mass is 15.1. The molecule has 270 valence electrons. The van der Waals surface area contributed by atoms with Crippen LogP contribution in [-0.2, 0) is 5.41 Å². The number of hydrogen-bond acceptors (Lipinski definition) is 3. The maximum absolute atomic E-state index is 5.27. The van der Waals surface area contributed by atoms with Gasteiger partial charge in [0.25, 0.3) is 0 Å². The summed E-state index contributed by atoms with van der Waals surface area (Å²) in [4.78, 5) is 12.6. The lowest BCUT2D eigenvalue weighted by molar-refractivity contribution is 0.660. The Balaban J connectivity index is 1.00. The summed E-state index contributed by atoms with van der Waals surface area (Å²) in [6.07, 6.45) is 2.04. The van der Waals surface area contributed by atoms with Crippen molar-refractivity contribution in [3.05, 3.63) is 205 Å². The summed E-state index contributed by atoms with van der Waals surface area (Å²) in [5.74, 6) is 0. The molecule has 0 saturated carbocycles. The maximum Gasteiger partial charge on any atom is 0.165 e. The molecule has 3 heterocycles. The van der Waals surface area contributed by atoms with Gasteiger partial charge in [0.1, 0.15) is 11.2 Å². The molecular weight excluding hydrogens is 693 g/mol. The second-order valence-corrected chi connectivity index (χ2v) is 15.5. The molecule has 0 atom stereocenters. The minimum Gasteiger partial charge on any atom is -0.310 e. The highest BCUT2D eigenvalue weighted by Gasteiger charge is 2.35. The number of rotatable bonds is 6. The zero-order chi connectivity index (χ0) is 38.1. The first kappa shape index (κ1) is 33.1. The van der Waals surface area contributed by atoms with Crippen LogP contribution in [-0.4, -0.2) is 14.4 Å². The largest absolute Gasteiger partial charge is 0.310 e. The summed E-state index contributed by atoms with van der Waals surface area (Å²) < 4.78 is 2.08. The fourth-order valence-corrected chi connectivity index (χ4v) is 8.93. The highest BCUT2D eigenvalue weighted by Crippen LogP contribution is 2.50. The fraction of sp³-hybridized carbons (Fsp3) is 0.0566. The summed E-state index contributed by atoms with van der Waals surface area (Å²) in [5.41, 5.74) is 18.0. The van der Waals surface area contributed by atoms with Crippen molar-refractivity contribution in [2.75, 3.05) is 4.90 Å². The number of imidazole rings is 1. The van der Waals surface area contributed by atoms with Gasteiger partial charge in [0.2, 0.25) is 0 Å². The van der Waals surface area contributed by atoms with Crippen molar-refractivity contribution in [2.45, 2.75) is 19.3 Å². The highest BCUT2D eigenvalue weighted by molar-refractivity contribution is 6.09. The predicted molar refractivity (Wildman–Crippen MR) is 237 cm³/mol. The van der Waals surface area contributed by atoms with E-state index in [9.17, 15) is 0 Å². The van der Waals surface area contributed by atoms with Crippen LogP contribution in [0.1, 0.15) is 25.0 Å². The van der Waals surface area contributed by atoms with E-state index < -0.39 is 0 Å². The Bertz CT molecular complexity index is 3140. The Morgan fingerprint density at radius 3 is 1.82 bits per heavy atom. The maximum atomic E-state index is 5.27. The van der Waals surface area contributed by atoms with Crippen molar-refractivity contribution in [1.82, 2.24) is 14.4 Å². The Morgan fingerprint density at radius 1 is 0.439 bits per heavy atom. The molecule has 0 spiro atoms. The summed E-state index contributed by atoms with van der Waals surface area (Å²) in [6.45, 7) is 4.67. The van der Waals surface area contributed by atoms with Gasteiger partial charge in [0.05, 0.1) is 5.69 Å². The molecule has 0 unspecified atom stereocenters. The van der Waals surface area contributed by atoms with Crippen LogP contribution < -0.4 is 4.90 Å². The van der Waals surface area contributed by atoms with E-state index in [-0.39, 0.29) is 5.41 Å². The summed E-state index contributed by atoms with van der Waals surface area (Å²) in [6, 6.07) is 67.6. The molecular formula is C53H38N4. The first-order chi connectivity index (χ1) is 28.0. The standard InChI is InChI=1S/C53H38N4/c1-53(2)47-20-9-8-17-43(47)46-34-42(30-31-48(46)53)57(40-26-22-36(23-27-40)35-13-4-3-5-14-35)41-28-24-37(25-29-41)38-15-12-16-39(33-38)50-44-18-6-7-19-45(44)51-52(55-50)56-32-11-10-21-49(56)54-51/h3-34H,1-2H3. The van der Waals surface area contributed by atoms with Crippen molar-refractivity contribution >= 4 is 44.6 Å². The third-order valence-electron chi connectivity index (χ3n) is 11.8. The molecule has 0 amide bonds. The van der Waals surface area contributed by atoms with Crippen LogP contribution in [0.4, 0.5) is 17.1 Å². The van der Waals surface area contributed by atoms with E-state index in [0.29, 0.717) is 0 Å². The first-order valence-corrected chi connectivity index (χ1v) is 19.6. The average molecular weight is 731 g/mol. The van der Waals surface area contributed by atoms with Crippen molar-refractivity contribution in [3.8, 4) is 44.6 Å². The molecule has 7 aromatic carbocycles. The molecule has 3 aromatic heterocycles. The van der Waals surface area contributed by atoms with Crippen molar-refractivity contribution < 1.29 is 0 Å². The quantitative estimate of drug-likeness (QED) is 0.171. The number of hydrogen-bond donors (Lipinski definition) is 0. The van der Waals surface area contributed by atoms with Gasteiger partial charge in [-0.2, -0.15) is 0 Å². The van der Waals surface area contributed by atoms with Crippen LogP contribution in [0.15, 0.2) is 194 Å². The van der Waals surface area contributed by atoms with E-state index in [0.717, 1.165) is 67.0 Å².